The van der Waals surface area contributed by atoms with Gasteiger partial charge in [-0.2, -0.15) is 0 Å². The Morgan fingerprint density at radius 2 is 2.00 bits per heavy atom. The highest BCUT2D eigenvalue weighted by atomic mass is 16.6. The zero-order chi connectivity index (χ0) is 24.2. The Balaban J connectivity index is 1.47. The molecule has 1 fully saturated rings. The van der Waals surface area contributed by atoms with Crippen molar-refractivity contribution in [2.24, 2.45) is 7.05 Å². The first-order valence-electron chi connectivity index (χ1n) is 11.3. The smallest absolute Gasteiger partial charge is 0.418 e. The number of likely N-dealkylation sites (N-methyl/N-ethyl adjacent to an activating group) is 1. The lowest BCUT2D eigenvalue weighted by atomic mass is 10.1. The van der Waals surface area contributed by atoms with E-state index < -0.39 is 6.09 Å². The Morgan fingerprint density at radius 1 is 1.24 bits per heavy atom. The fourth-order valence-electron chi connectivity index (χ4n) is 4.02. The van der Waals surface area contributed by atoms with Crippen LogP contribution in [0.5, 0.6) is 11.5 Å². The number of nitrogens with one attached hydrogen (secondary N) is 1. The summed E-state index contributed by atoms with van der Waals surface area (Å²) in [4.78, 5) is 31.8. The van der Waals surface area contributed by atoms with Crippen molar-refractivity contribution in [1.29, 1.82) is 0 Å². The van der Waals surface area contributed by atoms with Crippen LogP contribution >= 0.6 is 0 Å². The molecule has 0 unspecified atom stereocenters. The second-order valence-corrected chi connectivity index (χ2v) is 8.71. The Hall–Kier alpha value is -3.37. The van der Waals surface area contributed by atoms with E-state index in [0.29, 0.717) is 36.9 Å². The van der Waals surface area contributed by atoms with E-state index in [1.54, 1.807) is 40.6 Å². The van der Waals surface area contributed by atoms with Crippen LogP contribution in [-0.2, 0) is 11.8 Å². The summed E-state index contributed by atoms with van der Waals surface area (Å²) in [7, 11) is 5.69. The van der Waals surface area contributed by atoms with Gasteiger partial charge in [0.25, 0.3) is 0 Å². The normalized spacial score (nSPS) is 14.5. The van der Waals surface area contributed by atoms with E-state index in [1.165, 1.54) is 0 Å². The van der Waals surface area contributed by atoms with Crippen LogP contribution in [0, 0.1) is 6.92 Å². The summed E-state index contributed by atoms with van der Waals surface area (Å²) in [6, 6.07) is 7.07. The topological polar surface area (TPSA) is 99.9 Å². The third-order valence-corrected chi connectivity index (χ3v) is 5.92. The van der Waals surface area contributed by atoms with Crippen molar-refractivity contribution in [2.75, 3.05) is 45.8 Å². The molecule has 0 radical (unpaired) electrons. The monoisotopic (exact) mass is 469 g/mol. The predicted octanol–water partition coefficient (Wildman–Crippen LogP) is 2.95. The van der Waals surface area contributed by atoms with Gasteiger partial charge >= 0.3 is 11.8 Å². The molecular formula is C24H31N5O5. The van der Waals surface area contributed by atoms with E-state index in [-0.39, 0.29) is 11.7 Å². The number of carbonyl (C=O) groups is 1. The van der Waals surface area contributed by atoms with E-state index in [4.69, 9.17) is 14.2 Å². The third-order valence-electron chi connectivity index (χ3n) is 5.92. The van der Waals surface area contributed by atoms with Crippen LogP contribution in [0.2, 0.25) is 0 Å². The van der Waals surface area contributed by atoms with Crippen molar-refractivity contribution >= 4 is 22.9 Å². The molecule has 3 aromatic rings. The first kappa shape index (κ1) is 23.8. The number of amides is 1. The summed E-state index contributed by atoms with van der Waals surface area (Å²) in [6.07, 6.45) is 2.46. The number of hydrogen-bond donors (Lipinski definition) is 1. The zero-order valence-electron chi connectivity index (χ0n) is 20.0. The Labute approximate surface area is 198 Å². The number of pyridine rings is 1. The number of hydrogen-bond acceptors (Lipinski definition) is 7. The highest BCUT2D eigenvalue weighted by molar-refractivity contribution is 5.88. The predicted molar refractivity (Wildman–Crippen MR) is 129 cm³/mol. The van der Waals surface area contributed by atoms with Gasteiger partial charge in [-0.15, -0.1) is 0 Å². The number of carbonyl (C=O) groups excluding carboxylic acids is 1. The number of anilines is 1. The number of aryl methyl sites for hydroxylation is 2. The summed E-state index contributed by atoms with van der Waals surface area (Å²) in [6.45, 7) is 4.46. The lowest BCUT2D eigenvalue weighted by Crippen LogP contribution is -2.29. The molecule has 182 valence electrons. The molecule has 1 saturated heterocycles. The van der Waals surface area contributed by atoms with E-state index >= 15 is 0 Å². The largest absolute Gasteiger partial charge is 0.492 e. The van der Waals surface area contributed by atoms with Crippen LogP contribution in [-0.4, -0.2) is 65.6 Å². The molecule has 1 aliphatic heterocycles. The molecule has 0 saturated carbocycles. The Bertz CT molecular complexity index is 1230. The summed E-state index contributed by atoms with van der Waals surface area (Å²) < 4.78 is 20.0. The van der Waals surface area contributed by atoms with Gasteiger partial charge in [0.05, 0.1) is 17.2 Å². The van der Waals surface area contributed by atoms with Crippen molar-refractivity contribution in [2.45, 2.75) is 25.8 Å². The van der Waals surface area contributed by atoms with Gasteiger partial charge in [0, 0.05) is 38.9 Å². The van der Waals surface area contributed by atoms with Gasteiger partial charge in [-0.25, -0.2) is 14.6 Å². The molecular weight excluding hydrogens is 438 g/mol. The number of ether oxygens (including phenoxy) is 3. The molecule has 4 rings (SSSR count). The van der Waals surface area contributed by atoms with Gasteiger partial charge in [0.15, 0.2) is 0 Å². The second-order valence-electron chi connectivity index (χ2n) is 8.71. The fourth-order valence-corrected chi connectivity index (χ4v) is 4.02. The molecule has 1 amide bonds. The molecule has 1 N–H and O–H groups in total. The molecule has 0 atom stereocenters. The van der Waals surface area contributed by atoms with Gasteiger partial charge < -0.3 is 19.1 Å². The first-order valence-corrected chi connectivity index (χ1v) is 11.3. The maximum absolute atomic E-state index is 12.9. The Morgan fingerprint density at radius 3 is 2.71 bits per heavy atom. The van der Waals surface area contributed by atoms with E-state index in [1.807, 2.05) is 32.0 Å². The average Bonchev–Trinajstić information content (AvgIpc) is 3.05. The highest BCUT2D eigenvalue weighted by Gasteiger charge is 2.22. The highest BCUT2D eigenvalue weighted by Crippen LogP contribution is 2.26. The number of rotatable bonds is 7. The molecule has 0 bridgehead atoms. The lowest BCUT2D eigenvalue weighted by Gasteiger charge is -2.23. The summed E-state index contributed by atoms with van der Waals surface area (Å²) in [5, 5.41) is 2.67. The SMILES string of the molecule is Cc1cc(OCCN(C)C)ccc1OC(=O)Nc1cc2c(cn1)n(C)c(=O)n2C1CCOCC1. The third kappa shape index (κ3) is 5.23. The van der Waals surface area contributed by atoms with Crippen LogP contribution < -0.4 is 20.5 Å². The van der Waals surface area contributed by atoms with Crippen molar-refractivity contribution in [1.82, 2.24) is 19.0 Å². The Kier molecular flexibility index (Phi) is 7.18. The van der Waals surface area contributed by atoms with Crippen LogP contribution in [0.1, 0.15) is 24.4 Å². The lowest BCUT2D eigenvalue weighted by molar-refractivity contribution is 0.0696. The number of imidazole rings is 1. The average molecular weight is 470 g/mol. The van der Waals surface area contributed by atoms with Crippen molar-refractivity contribution < 1.29 is 19.0 Å². The van der Waals surface area contributed by atoms with Gasteiger partial charge in [-0.3, -0.25) is 14.5 Å². The minimum absolute atomic E-state index is 0.0493. The molecule has 0 spiro atoms. The maximum atomic E-state index is 12.9. The van der Waals surface area contributed by atoms with Crippen molar-refractivity contribution in [3.05, 3.63) is 46.5 Å². The second kappa shape index (κ2) is 10.3. The number of fused-ring (bicyclic) bond motifs is 1. The van der Waals surface area contributed by atoms with Crippen LogP contribution in [0.25, 0.3) is 11.0 Å². The number of benzene rings is 1. The molecule has 34 heavy (non-hydrogen) atoms. The minimum atomic E-state index is -0.660. The van der Waals surface area contributed by atoms with Crippen molar-refractivity contribution in [3.63, 3.8) is 0 Å². The van der Waals surface area contributed by atoms with E-state index in [0.717, 1.165) is 36.2 Å². The van der Waals surface area contributed by atoms with Crippen LogP contribution in [0.4, 0.5) is 10.6 Å². The quantitative estimate of drug-likeness (QED) is 0.568. The summed E-state index contributed by atoms with van der Waals surface area (Å²) in [5.41, 5.74) is 2.10. The number of aromatic nitrogens is 3. The van der Waals surface area contributed by atoms with Gasteiger partial charge in [0.2, 0.25) is 0 Å². The van der Waals surface area contributed by atoms with Crippen LogP contribution in [0.3, 0.4) is 0 Å². The summed E-state index contributed by atoms with van der Waals surface area (Å²) >= 11 is 0. The molecule has 10 heteroatoms. The van der Waals surface area contributed by atoms with Crippen LogP contribution in [0.15, 0.2) is 35.3 Å². The molecule has 1 aromatic carbocycles. The van der Waals surface area contributed by atoms with Crippen molar-refractivity contribution in [3.8, 4) is 11.5 Å². The molecule has 10 nitrogen and oxygen atoms in total. The van der Waals surface area contributed by atoms with Gasteiger partial charge in [0.1, 0.15) is 23.9 Å². The standard InChI is InChI=1S/C24H31N5O5/c1-16-13-18(33-12-9-27(2)3)5-6-21(16)34-23(30)26-22-14-19-20(15-25-22)28(4)24(31)29(19)17-7-10-32-11-8-17/h5-6,13-15,17H,7-12H2,1-4H3,(H,25,26,30). The van der Waals surface area contributed by atoms with Gasteiger partial charge in [-0.05, 0) is 57.6 Å². The minimum Gasteiger partial charge on any atom is -0.492 e. The fraction of sp³-hybridized carbons (Fsp3) is 0.458. The molecule has 1 aliphatic rings. The van der Waals surface area contributed by atoms with E-state index in [9.17, 15) is 9.59 Å². The van der Waals surface area contributed by atoms with E-state index in [2.05, 4.69) is 10.3 Å². The first-order chi connectivity index (χ1) is 16.3. The van der Waals surface area contributed by atoms with Gasteiger partial charge in [-0.1, -0.05) is 0 Å². The molecule has 3 heterocycles. The zero-order valence-corrected chi connectivity index (χ0v) is 20.0. The number of nitrogens with zero attached hydrogens (tertiary/aromatic N) is 4. The molecule has 2 aromatic heterocycles. The maximum Gasteiger partial charge on any atom is 0.418 e. The molecule has 0 aliphatic carbocycles. The summed E-state index contributed by atoms with van der Waals surface area (Å²) in [5.74, 6) is 1.46.